The van der Waals surface area contributed by atoms with Crippen LogP contribution in [-0.4, -0.2) is 28.0 Å². The lowest BCUT2D eigenvalue weighted by Gasteiger charge is -2.07. The molecule has 0 saturated carbocycles. The molecule has 3 aromatic rings. The molecule has 8 nitrogen and oxygen atoms in total. The number of halogens is 1. The largest absolute Gasteiger partial charge is 0.465 e. The predicted molar refractivity (Wildman–Crippen MR) is 115 cm³/mol. The Morgan fingerprint density at radius 1 is 1.27 bits per heavy atom. The van der Waals surface area contributed by atoms with Crippen LogP contribution in [0.2, 0.25) is 0 Å². The minimum Gasteiger partial charge on any atom is -0.465 e. The topological polar surface area (TPSA) is 115 Å². The number of H-pyrrole nitrogens is 1. The molecule has 1 aromatic heterocycles. The van der Waals surface area contributed by atoms with Gasteiger partial charge < -0.3 is 9.72 Å². The Kier molecular flexibility index (Phi) is 5.98. The minimum absolute atomic E-state index is 0.00843. The van der Waals surface area contributed by atoms with E-state index in [1.165, 1.54) is 37.5 Å². The van der Waals surface area contributed by atoms with Gasteiger partial charge in [-0.3, -0.25) is 14.9 Å². The van der Waals surface area contributed by atoms with E-state index < -0.39 is 16.5 Å². The van der Waals surface area contributed by atoms with Crippen LogP contribution in [-0.2, 0) is 4.74 Å². The summed E-state index contributed by atoms with van der Waals surface area (Å²) in [4.78, 5) is 42.0. The number of hydrogen-bond acceptors (Lipinski definition) is 6. The van der Waals surface area contributed by atoms with E-state index in [9.17, 15) is 19.7 Å². The van der Waals surface area contributed by atoms with Crippen LogP contribution in [0.15, 0.2) is 41.2 Å². The highest BCUT2D eigenvalue weighted by Gasteiger charge is 2.17. The predicted octanol–water partition coefficient (Wildman–Crippen LogP) is 4.48. The number of benzene rings is 2. The number of hydrogen-bond donors (Lipinski definition) is 1. The van der Waals surface area contributed by atoms with Gasteiger partial charge in [-0.2, -0.15) is 0 Å². The van der Waals surface area contributed by atoms with Gasteiger partial charge in [0.2, 0.25) is 0 Å². The number of methoxy groups -OCH3 is 1. The van der Waals surface area contributed by atoms with E-state index in [0.717, 1.165) is 0 Å². The number of aromatic amines is 1. The zero-order chi connectivity index (χ0) is 22.0. The third kappa shape index (κ3) is 4.23. The molecule has 9 heteroatoms. The second kappa shape index (κ2) is 8.46. The highest BCUT2D eigenvalue weighted by atomic mass is 35.5. The zero-order valence-electron chi connectivity index (χ0n) is 16.4. The highest BCUT2D eigenvalue weighted by molar-refractivity contribution is 6.50. The second-order valence-electron chi connectivity index (χ2n) is 6.86. The van der Waals surface area contributed by atoms with Crippen LogP contribution in [0.25, 0.3) is 22.0 Å². The van der Waals surface area contributed by atoms with E-state index in [4.69, 9.17) is 11.6 Å². The van der Waals surface area contributed by atoms with Gasteiger partial charge in [-0.25, -0.2) is 9.78 Å². The Morgan fingerprint density at radius 3 is 2.63 bits per heavy atom. The molecule has 1 N–H and O–H groups in total. The fraction of sp³-hybridized carbons (Fsp3) is 0.190. The lowest BCUT2D eigenvalue weighted by molar-refractivity contribution is -0.385. The summed E-state index contributed by atoms with van der Waals surface area (Å²) in [6.45, 7) is 3.74. The summed E-state index contributed by atoms with van der Waals surface area (Å²) in [6.07, 6.45) is 1.48. The molecule has 1 heterocycles. The number of nitro benzene ring substituents is 1. The van der Waals surface area contributed by atoms with Crippen LogP contribution in [0, 0.1) is 10.1 Å². The normalized spacial score (nSPS) is 11.7. The van der Waals surface area contributed by atoms with Crippen molar-refractivity contribution in [3.05, 3.63) is 79.4 Å². The Labute approximate surface area is 176 Å². The van der Waals surface area contributed by atoms with E-state index in [0.29, 0.717) is 11.1 Å². The molecule has 2 aromatic carbocycles. The summed E-state index contributed by atoms with van der Waals surface area (Å²) >= 11 is 6.34. The first-order valence-corrected chi connectivity index (χ1v) is 9.37. The maximum Gasteiger partial charge on any atom is 0.337 e. The first kappa shape index (κ1) is 21.2. The fourth-order valence-electron chi connectivity index (χ4n) is 3.01. The summed E-state index contributed by atoms with van der Waals surface area (Å²) in [6, 6.07) is 9.19. The number of ether oxygens (including phenoxy) is 1. The summed E-state index contributed by atoms with van der Waals surface area (Å²) in [5.41, 5.74) is 1.17. The number of fused-ring (bicyclic) bond motifs is 1. The molecule has 0 bridgehead atoms. The number of carbonyl (C=O) groups excluding carboxylic acids is 1. The molecule has 0 aliphatic carbocycles. The van der Waals surface area contributed by atoms with Crippen molar-refractivity contribution in [2.24, 2.45) is 0 Å². The van der Waals surface area contributed by atoms with Crippen molar-refractivity contribution in [3.8, 4) is 0 Å². The van der Waals surface area contributed by atoms with Gasteiger partial charge >= 0.3 is 5.97 Å². The number of esters is 1. The molecular formula is C21H18ClN3O5. The van der Waals surface area contributed by atoms with Gasteiger partial charge in [-0.05, 0) is 35.8 Å². The van der Waals surface area contributed by atoms with Gasteiger partial charge in [0.25, 0.3) is 11.2 Å². The second-order valence-corrected chi connectivity index (χ2v) is 7.27. The molecular weight excluding hydrogens is 410 g/mol. The highest BCUT2D eigenvalue weighted by Crippen LogP contribution is 2.29. The summed E-state index contributed by atoms with van der Waals surface area (Å²) in [7, 11) is 1.26. The molecule has 3 rings (SSSR count). The third-order valence-electron chi connectivity index (χ3n) is 4.52. The maximum atomic E-state index is 12.4. The molecule has 0 spiro atoms. The molecule has 0 fully saturated rings. The number of rotatable bonds is 5. The van der Waals surface area contributed by atoms with Crippen LogP contribution >= 0.6 is 11.6 Å². The molecule has 0 unspecified atom stereocenters. The van der Waals surface area contributed by atoms with E-state index in [1.807, 2.05) is 13.8 Å². The van der Waals surface area contributed by atoms with Crippen LogP contribution in [0.4, 0.5) is 5.69 Å². The summed E-state index contributed by atoms with van der Waals surface area (Å²) in [5.74, 6) is -0.493. The number of aromatic nitrogens is 2. The summed E-state index contributed by atoms with van der Waals surface area (Å²) in [5, 5.41) is 11.8. The van der Waals surface area contributed by atoms with Crippen molar-refractivity contribution >= 4 is 45.3 Å². The van der Waals surface area contributed by atoms with Gasteiger partial charge in [-0.1, -0.05) is 37.6 Å². The fourth-order valence-corrected chi connectivity index (χ4v) is 3.22. The molecule has 154 valence electrons. The first-order valence-electron chi connectivity index (χ1n) is 8.99. The van der Waals surface area contributed by atoms with Gasteiger partial charge in [0.15, 0.2) is 5.82 Å². The Balaban J connectivity index is 2.08. The van der Waals surface area contributed by atoms with Crippen molar-refractivity contribution in [3.63, 3.8) is 0 Å². The van der Waals surface area contributed by atoms with Gasteiger partial charge in [0.05, 0.1) is 33.5 Å². The Hall–Kier alpha value is -3.52. The quantitative estimate of drug-likeness (QED) is 0.364. The average molecular weight is 428 g/mol. The van der Waals surface area contributed by atoms with Crippen molar-refractivity contribution < 1.29 is 14.5 Å². The van der Waals surface area contributed by atoms with E-state index in [1.54, 1.807) is 12.1 Å². The number of carbonyl (C=O) groups is 1. The zero-order valence-corrected chi connectivity index (χ0v) is 17.2. The SMILES string of the molecule is COC(=O)c1ccc2c(=O)[nH]c(/C(Cl)=C/c3ccc(C(C)C)c([N+](=O)[O-])c3)nc2c1. The van der Waals surface area contributed by atoms with Crippen molar-refractivity contribution in [2.75, 3.05) is 7.11 Å². The number of nitrogens with one attached hydrogen (secondary N) is 1. The van der Waals surface area contributed by atoms with E-state index in [-0.39, 0.29) is 38.9 Å². The van der Waals surface area contributed by atoms with Crippen molar-refractivity contribution in [1.29, 1.82) is 0 Å². The Bertz CT molecular complexity index is 1250. The number of nitro groups is 1. The van der Waals surface area contributed by atoms with Crippen LogP contribution in [0.5, 0.6) is 0 Å². The van der Waals surface area contributed by atoms with Gasteiger partial charge in [-0.15, -0.1) is 0 Å². The first-order chi connectivity index (χ1) is 14.2. The molecule has 0 aliphatic rings. The average Bonchev–Trinajstić information content (AvgIpc) is 2.72. The lowest BCUT2D eigenvalue weighted by Crippen LogP contribution is -2.11. The van der Waals surface area contributed by atoms with Gasteiger partial charge in [0.1, 0.15) is 0 Å². The standard InChI is InChI=1S/C21H18ClN3O5/c1-11(2)14-6-4-12(9-18(14)25(28)29)8-16(22)19-23-17-10-13(21(27)30-3)5-7-15(17)20(26)24-19/h4-11H,1-3H3,(H,23,24,26)/b16-8-. The molecule has 0 atom stereocenters. The monoisotopic (exact) mass is 427 g/mol. The maximum absolute atomic E-state index is 12.4. The third-order valence-corrected chi connectivity index (χ3v) is 4.81. The van der Waals surface area contributed by atoms with Crippen LogP contribution in [0.3, 0.4) is 0 Å². The van der Waals surface area contributed by atoms with Crippen molar-refractivity contribution in [2.45, 2.75) is 19.8 Å². The Morgan fingerprint density at radius 2 is 2.00 bits per heavy atom. The molecule has 0 amide bonds. The number of nitrogens with zero attached hydrogens (tertiary/aromatic N) is 2. The lowest BCUT2D eigenvalue weighted by atomic mass is 9.99. The smallest absolute Gasteiger partial charge is 0.337 e. The van der Waals surface area contributed by atoms with Gasteiger partial charge in [0, 0.05) is 11.6 Å². The minimum atomic E-state index is -0.556. The van der Waals surface area contributed by atoms with Crippen LogP contribution in [0.1, 0.15) is 47.1 Å². The van der Waals surface area contributed by atoms with Crippen molar-refractivity contribution in [1.82, 2.24) is 9.97 Å². The van der Waals surface area contributed by atoms with Crippen LogP contribution < -0.4 is 5.56 Å². The summed E-state index contributed by atoms with van der Waals surface area (Å²) < 4.78 is 4.68. The molecule has 0 radical (unpaired) electrons. The van der Waals surface area contributed by atoms with E-state index >= 15 is 0 Å². The molecule has 0 aliphatic heterocycles. The molecule has 0 saturated heterocycles. The molecule has 30 heavy (non-hydrogen) atoms. The van der Waals surface area contributed by atoms with E-state index in [2.05, 4.69) is 14.7 Å².